The van der Waals surface area contributed by atoms with E-state index in [9.17, 15) is 18.7 Å². The average molecular weight is 447 g/mol. The Balaban J connectivity index is 1.70. The van der Waals surface area contributed by atoms with Gasteiger partial charge in [0.1, 0.15) is 17.4 Å². The molecule has 1 aliphatic heterocycles. The van der Waals surface area contributed by atoms with Crippen LogP contribution in [0.25, 0.3) is 0 Å². The molecule has 1 amide bonds. The summed E-state index contributed by atoms with van der Waals surface area (Å²) >= 11 is 0. The highest BCUT2D eigenvalue weighted by molar-refractivity contribution is 5.77. The lowest BCUT2D eigenvalue weighted by Crippen LogP contribution is -2.42. The molecule has 0 saturated carbocycles. The van der Waals surface area contributed by atoms with Crippen LogP contribution in [0.3, 0.4) is 0 Å². The Morgan fingerprint density at radius 2 is 1.88 bits per heavy atom. The summed E-state index contributed by atoms with van der Waals surface area (Å²) in [5, 5.41) is 14.0. The Morgan fingerprint density at radius 3 is 2.50 bits per heavy atom. The number of benzene rings is 2. The van der Waals surface area contributed by atoms with Gasteiger partial charge >= 0.3 is 0 Å². The Labute approximate surface area is 188 Å². The lowest BCUT2D eigenvalue weighted by molar-refractivity contribution is -0.125. The van der Waals surface area contributed by atoms with E-state index in [1.807, 2.05) is 6.07 Å². The quantitative estimate of drug-likeness (QED) is 0.578. The molecule has 0 bridgehead atoms. The molecule has 0 radical (unpaired) electrons. The molecule has 1 heterocycles. The van der Waals surface area contributed by atoms with Gasteiger partial charge in [0.15, 0.2) is 0 Å². The number of carbonyl (C=O) groups is 1. The Hall–Kier alpha value is -2.51. The Morgan fingerprint density at radius 1 is 1.19 bits per heavy atom. The van der Waals surface area contributed by atoms with Crippen LogP contribution < -0.4 is 15.8 Å². The van der Waals surface area contributed by atoms with E-state index in [4.69, 9.17) is 10.5 Å². The number of hydrogen-bond donors (Lipinski definition) is 3. The zero-order valence-corrected chi connectivity index (χ0v) is 18.8. The zero-order chi connectivity index (χ0) is 23.5. The van der Waals surface area contributed by atoms with Crippen molar-refractivity contribution >= 4 is 5.91 Å². The molecule has 0 aromatic heterocycles. The largest absolute Gasteiger partial charge is 0.493 e. The van der Waals surface area contributed by atoms with Gasteiger partial charge in [-0.3, -0.25) is 4.79 Å². The topological polar surface area (TPSA) is 84.6 Å². The van der Waals surface area contributed by atoms with Gasteiger partial charge in [0.25, 0.3) is 0 Å². The number of nitrogens with two attached hydrogens (primary N) is 1. The number of amides is 1. The molecule has 3 atom stereocenters. The lowest BCUT2D eigenvalue weighted by Gasteiger charge is -2.30. The first-order valence-electron chi connectivity index (χ1n) is 10.9. The highest BCUT2D eigenvalue weighted by Crippen LogP contribution is 2.34. The van der Waals surface area contributed by atoms with Crippen LogP contribution in [0.1, 0.15) is 49.9 Å². The second-order valence-corrected chi connectivity index (χ2v) is 9.77. The van der Waals surface area contributed by atoms with Crippen molar-refractivity contribution in [2.24, 2.45) is 17.1 Å². The third-order valence-electron chi connectivity index (χ3n) is 5.63. The minimum atomic E-state index is -1.11. The first-order chi connectivity index (χ1) is 15.0. The number of halogens is 2. The van der Waals surface area contributed by atoms with Gasteiger partial charge in [-0.2, -0.15) is 0 Å². The van der Waals surface area contributed by atoms with Crippen LogP contribution >= 0.6 is 0 Å². The van der Waals surface area contributed by atoms with Crippen LogP contribution in [-0.4, -0.2) is 30.3 Å². The van der Waals surface area contributed by atoms with Gasteiger partial charge in [0.05, 0.1) is 18.6 Å². The number of ether oxygens (including phenoxy) is 1. The molecule has 4 N–H and O–H groups in total. The summed E-state index contributed by atoms with van der Waals surface area (Å²) in [7, 11) is 0. The SMILES string of the molecule is CC(C)(C)Cc1ccc2c(c1)C(NCC(O)C(Cc1cc(F)cc(F)c1)C(N)=O)CCO2. The molecule has 7 heteroatoms. The predicted octanol–water partition coefficient (Wildman–Crippen LogP) is 3.67. The van der Waals surface area contributed by atoms with Gasteiger partial charge in [-0.05, 0) is 47.6 Å². The minimum absolute atomic E-state index is 0.0477. The van der Waals surface area contributed by atoms with Crippen molar-refractivity contribution < 1.29 is 23.4 Å². The van der Waals surface area contributed by atoms with Gasteiger partial charge in [-0.15, -0.1) is 0 Å². The second-order valence-electron chi connectivity index (χ2n) is 9.77. The number of primary amides is 1. The number of aliphatic hydroxyl groups excluding tert-OH is 1. The van der Waals surface area contributed by atoms with E-state index in [-0.39, 0.29) is 30.0 Å². The molecule has 32 heavy (non-hydrogen) atoms. The molecule has 0 saturated heterocycles. The number of nitrogens with one attached hydrogen (secondary N) is 1. The summed E-state index contributed by atoms with van der Waals surface area (Å²) in [6, 6.07) is 9.18. The monoisotopic (exact) mass is 446 g/mol. The van der Waals surface area contributed by atoms with Crippen molar-refractivity contribution in [1.29, 1.82) is 0 Å². The molecule has 174 valence electrons. The summed E-state index contributed by atoms with van der Waals surface area (Å²) in [5.41, 5.74) is 8.14. The van der Waals surface area contributed by atoms with Crippen molar-refractivity contribution in [3.8, 4) is 5.75 Å². The fraction of sp³-hybridized carbons (Fsp3) is 0.480. The number of aliphatic hydroxyl groups is 1. The van der Waals surface area contributed by atoms with Crippen LogP contribution in [-0.2, 0) is 17.6 Å². The molecule has 0 spiro atoms. The Bertz CT molecular complexity index is 938. The number of hydrogen-bond acceptors (Lipinski definition) is 4. The Kier molecular flexibility index (Phi) is 7.51. The normalized spacial score (nSPS) is 17.9. The highest BCUT2D eigenvalue weighted by Gasteiger charge is 2.28. The van der Waals surface area contributed by atoms with E-state index in [2.05, 4.69) is 38.2 Å². The predicted molar refractivity (Wildman–Crippen MR) is 119 cm³/mol. The minimum Gasteiger partial charge on any atom is -0.493 e. The van der Waals surface area contributed by atoms with Gasteiger partial charge in [-0.1, -0.05) is 32.9 Å². The molecular weight excluding hydrogens is 414 g/mol. The van der Waals surface area contributed by atoms with Crippen LogP contribution in [0.2, 0.25) is 0 Å². The maximum Gasteiger partial charge on any atom is 0.223 e. The number of carbonyl (C=O) groups excluding carboxylic acids is 1. The standard InChI is InChI=1S/C25H32F2N2O3/c1-25(2,3)13-15-4-5-23-19(10-15)21(6-7-32-23)29-14-22(30)20(24(28)31)11-16-8-17(26)12-18(27)9-16/h4-5,8-10,12,20-22,29-30H,6-7,11,13-14H2,1-3H3,(H2,28,31). The summed E-state index contributed by atoms with van der Waals surface area (Å²) < 4.78 is 32.8. The highest BCUT2D eigenvalue weighted by atomic mass is 19.1. The van der Waals surface area contributed by atoms with E-state index < -0.39 is 29.6 Å². The summed E-state index contributed by atoms with van der Waals surface area (Å²) in [4.78, 5) is 12.0. The van der Waals surface area contributed by atoms with E-state index in [1.165, 1.54) is 5.56 Å². The molecule has 3 unspecified atom stereocenters. The first kappa shape index (κ1) is 24.1. The van der Waals surface area contributed by atoms with Crippen molar-refractivity contribution in [3.05, 3.63) is 64.7 Å². The van der Waals surface area contributed by atoms with E-state index in [0.29, 0.717) is 6.61 Å². The number of rotatable bonds is 8. The third kappa shape index (κ3) is 6.50. The average Bonchev–Trinajstić information content (AvgIpc) is 2.68. The molecule has 3 rings (SSSR count). The molecular formula is C25H32F2N2O3. The van der Waals surface area contributed by atoms with E-state index in [1.54, 1.807) is 0 Å². The van der Waals surface area contributed by atoms with E-state index >= 15 is 0 Å². The van der Waals surface area contributed by atoms with Gasteiger partial charge in [-0.25, -0.2) is 8.78 Å². The zero-order valence-electron chi connectivity index (χ0n) is 18.8. The maximum absolute atomic E-state index is 13.5. The van der Waals surface area contributed by atoms with Crippen molar-refractivity contribution in [3.63, 3.8) is 0 Å². The molecule has 2 aromatic carbocycles. The van der Waals surface area contributed by atoms with Crippen LogP contribution in [0.15, 0.2) is 36.4 Å². The molecule has 0 fully saturated rings. The van der Waals surface area contributed by atoms with Crippen LogP contribution in [0.5, 0.6) is 5.75 Å². The van der Waals surface area contributed by atoms with Crippen LogP contribution in [0, 0.1) is 23.0 Å². The third-order valence-corrected chi connectivity index (χ3v) is 5.63. The maximum atomic E-state index is 13.5. The van der Waals surface area contributed by atoms with Crippen molar-refractivity contribution in [2.75, 3.05) is 13.2 Å². The molecule has 5 nitrogen and oxygen atoms in total. The fourth-order valence-electron chi connectivity index (χ4n) is 4.19. The summed E-state index contributed by atoms with van der Waals surface area (Å²) in [6.07, 6.45) is 0.480. The van der Waals surface area contributed by atoms with Gasteiger partial charge < -0.3 is 20.9 Å². The first-order valence-corrected chi connectivity index (χ1v) is 10.9. The van der Waals surface area contributed by atoms with Gasteiger partial charge in [0.2, 0.25) is 5.91 Å². The molecule has 2 aromatic rings. The van der Waals surface area contributed by atoms with Gasteiger partial charge in [0, 0.05) is 30.6 Å². The molecule has 0 aliphatic carbocycles. The second kappa shape index (κ2) is 9.96. The fourth-order valence-corrected chi connectivity index (χ4v) is 4.19. The van der Waals surface area contributed by atoms with Crippen molar-refractivity contribution in [1.82, 2.24) is 5.32 Å². The summed E-state index contributed by atoms with van der Waals surface area (Å²) in [5.74, 6) is -2.36. The smallest absolute Gasteiger partial charge is 0.223 e. The van der Waals surface area contributed by atoms with E-state index in [0.717, 1.165) is 42.4 Å². The number of fused-ring (bicyclic) bond motifs is 1. The van der Waals surface area contributed by atoms with Crippen molar-refractivity contribution in [2.45, 2.75) is 52.2 Å². The van der Waals surface area contributed by atoms with Crippen LogP contribution in [0.4, 0.5) is 8.78 Å². The lowest BCUT2D eigenvalue weighted by atomic mass is 9.86. The summed E-state index contributed by atoms with van der Waals surface area (Å²) in [6.45, 7) is 7.21. The molecule has 1 aliphatic rings.